The van der Waals surface area contributed by atoms with Crippen LogP contribution in [-0.4, -0.2) is 15.0 Å². The number of hydrogen-bond donors (Lipinski definition) is 3. The summed E-state index contributed by atoms with van der Waals surface area (Å²) in [4.78, 5) is 12.5. The molecule has 6 heteroatoms. The van der Waals surface area contributed by atoms with E-state index in [9.17, 15) is 0 Å². The van der Waals surface area contributed by atoms with Crippen molar-refractivity contribution in [3.05, 3.63) is 47.8 Å². The van der Waals surface area contributed by atoms with Crippen molar-refractivity contribution in [2.24, 2.45) is 5.84 Å². The monoisotopic (exact) mass is 230 g/mol. The summed E-state index contributed by atoms with van der Waals surface area (Å²) in [5.41, 5.74) is 10.9. The number of nitrogens with zero attached hydrogens (tertiary/aromatic N) is 3. The van der Waals surface area contributed by atoms with Gasteiger partial charge in [-0.3, -0.25) is 10.8 Å². The predicted molar refractivity (Wildman–Crippen MR) is 64.6 cm³/mol. The van der Waals surface area contributed by atoms with E-state index in [1.165, 1.54) is 0 Å². The van der Waals surface area contributed by atoms with Gasteiger partial charge >= 0.3 is 0 Å². The summed E-state index contributed by atoms with van der Waals surface area (Å²) in [6.45, 7) is 1.92. The van der Waals surface area contributed by atoms with Crippen molar-refractivity contribution in [3.8, 4) is 0 Å². The largest absolute Gasteiger partial charge is 0.398 e. The van der Waals surface area contributed by atoms with E-state index in [0.717, 1.165) is 11.1 Å². The summed E-state index contributed by atoms with van der Waals surface area (Å²) in [6, 6.07) is 1.36. The molecule has 88 valence electrons. The molecule has 0 aliphatic rings. The number of aromatic nitrogens is 3. The highest BCUT2D eigenvalue weighted by atomic mass is 15.2. The van der Waals surface area contributed by atoms with E-state index < -0.39 is 0 Å². The molecule has 17 heavy (non-hydrogen) atoms. The molecule has 0 aromatic carbocycles. The van der Waals surface area contributed by atoms with Gasteiger partial charge in [-0.2, -0.15) is 0 Å². The molecule has 0 saturated heterocycles. The van der Waals surface area contributed by atoms with E-state index in [1.807, 2.05) is 6.92 Å². The molecule has 2 heterocycles. The number of nitrogens with two attached hydrogens (primary N) is 2. The molecular formula is C11H14N6. The van der Waals surface area contributed by atoms with Crippen LogP contribution in [0, 0.1) is 6.92 Å². The minimum atomic E-state index is -0.357. The van der Waals surface area contributed by atoms with E-state index in [1.54, 1.807) is 30.9 Å². The fraction of sp³-hybridized carbons (Fsp3) is 0.182. The number of nitrogen functional groups attached to an aromatic ring is 1. The third-order valence-corrected chi connectivity index (χ3v) is 2.42. The van der Waals surface area contributed by atoms with Crippen molar-refractivity contribution in [3.63, 3.8) is 0 Å². The molecule has 1 atom stereocenters. The lowest BCUT2D eigenvalue weighted by atomic mass is 10.1. The Bertz CT molecular complexity index is 496. The molecule has 5 N–H and O–H groups in total. The summed E-state index contributed by atoms with van der Waals surface area (Å²) >= 11 is 0. The average Bonchev–Trinajstić information content (AvgIpc) is 2.35. The Labute approximate surface area is 99.1 Å². The van der Waals surface area contributed by atoms with E-state index in [-0.39, 0.29) is 6.04 Å². The van der Waals surface area contributed by atoms with E-state index in [2.05, 4.69) is 20.4 Å². The Morgan fingerprint density at radius 1 is 1.24 bits per heavy atom. The third-order valence-electron chi connectivity index (χ3n) is 2.42. The number of aryl methyl sites for hydroxylation is 1. The summed E-state index contributed by atoms with van der Waals surface area (Å²) in [6.07, 6.45) is 6.75. The molecular weight excluding hydrogens is 216 g/mol. The van der Waals surface area contributed by atoms with Gasteiger partial charge in [-0.15, -0.1) is 0 Å². The maximum atomic E-state index is 5.87. The fourth-order valence-corrected chi connectivity index (χ4v) is 1.51. The highest BCUT2D eigenvalue weighted by Gasteiger charge is 2.17. The summed E-state index contributed by atoms with van der Waals surface area (Å²) in [5.74, 6) is 6.10. The van der Waals surface area contributed by atoms with Crippen molar-refractivity contribution in [1.82, 2.24) is 20.4 Å². The number of anilines is 1. The van der Waals surface area contributed by atoms with Crippen molar-refractivity contribution >= 4 is 5.69 Å². The van der Waals surface area contributed by atoms with Crippen LogP contribution in [0.3, 0.4) is 0 Å². The highest BCUT2D eigenvalue weighted by molar-refractivity contribution is 5.48. The van der Waals surface area contributed by atoms with E-state index in [0.29, 0.717) is 11.5 Å². The second-order valence-corrected chi connectivity index (χ2v) is 3.72. The predicted octanol–water partition coefficient (Wildman–Crippen LogP) is 0.315. The van der Waals surface area contributed by atoms with Crippen molar-refractivity contribution < 1.29 is 0 Å². The van der Waals surface area contributed by atoms with Gasteiger partial charge in [-0.05, 0) is 18.6 Å². The second kappa shape index (κ2) is 4.86. The van der Waals surface area contributed by atoms with Gasteiger partial charge in [0.25, 0.3) is 0 Å². The van der Waals surface area contributed by atoms with Gasteiger partial charge in [0, 0.05) is 36.0 Å². The first-order chi connectivity index (χ1) is 8.22. The number of hydrazine groups is 1. The van der Waals surface area contributed by atoms with Gasteiger partial charge in [-0.25, -0.2) is 15.4 Å². The maximum Gasteiger partial charge on any atom is 0.151 e. The quantitative estimate of drug-likeness (QED) is 0.518. The Kier molecular flexibility index (Phi) is 3.27. The molecule has 0 spiro atoms. The normalized spacial score (nSPS) is 12.4. The van der Waals surface area contributed by atoms with Crippen LogP contribution < -0.4 is 17.0 Å². The Balaban J connectivity index is 2.40. The Hall–Kier alpha value is -2.05. The molecule has 0 aliphatic carbocycles. The Morgan fingerprint density at radius 2 is 1.94 bits per heavy atom. The van der Waals surface area contributed by atoms with E-state index in [4.69, 9.17) is 11.6 Å². The smallest absolute Gasteiger partial charge is 0.151 e. The Morgan fingerprint density at radius 3 is 2.53 bits per heavy atom. The zero-order valence-corrected chi connectivity index (χ0v) is 9.46. The third kappa shape index (κ3) is 2.38. The molecule has 1 unspecified atom stereocenters. The molecule has 0 amide bonds. The summed E-state index contributed by atoms with van der Waals surface area (Å²) < 4.78 is 0. The van der Waals surface area contributed by atoms with Crippen molar-refractivity contribution in [2.45, 2.75) is 13.0 Å². The first-order valence-corrected chi connectivity index (χ1v) is 5.16. The molecule has 6 nitrogen and oxygen atoms in total. The first-order valence-electron chi connectivity index (χ1n) is 5.16. The van der Waals surface area contributed by atoms with Gasteiger partial charge in [0.1, 0.15) is 6.04 Å². The SMILES string of the molecule is Cc1cnc(C(NN)c2cnccc2N)nc1. The van der Waals surface area contributed by atoms with Crippen LogP contribution in [0.15, 0.2) is 30.9 Å². The van der Waals surface area contributed by atoms with Crippen LogP contribution in [0.25, 0.3) is 0 Å². The summed E-state index contributed by atoms with van der Waals surface area (Å²) in [5, 5.41) is 0. The van der Waals surface area contributed by atoms with Gasteiger partial charge in [-0.1, -0.05) is 0 Å². The van der Waals surface area contributed by atoms with Gasteiger partial charge in [0.15, 0.2) is 5.82 Å². The first kappa shape index (κ1) is 11.4. The minimum absolute atomic E-state index is 0.357. The minimum Gasteiger partial charge on any atom is -0.398 e. The molecule has 0 bridgehead atoms. The van der Waals surface area contributed by atoms with Crippen LogP contribution in [-0.2, 0) is 0 Å². The molecule has 2 rings (SSSR count). The zero-order valence-electron chi connectivity index (χ0n) is 9.46. The topological polar surface area (TPSA) is 103 Å². The lowest BCUT2D eigenvalue weighted by Gasteiger charge is -2.16. The molecule has 0 radical (unpaired) electrons. The second-order valence-electron chi connectivity index (χ2n) is 3.72. The van der Waals surface area contributed by atoms with Gasteiger partial charge < -0.3 is 5.73 Å². The number of pyridine rings is 1. The molecule has 0 aliphatic heterocycles. The van der Waals surface area contributed by atoms with Crippen LogP contribution in [0.2, 0.25) is 0 Å². The van der Waals surface area contributed by atoms with E-state index >= 15 is 0 Å². The average molecular weight is 230 g/mol. The van der Waals surface area contributed by atoms with Crippen molar-refractivity contribution in [2.75, 3.05) is 5.73 Å². The van der Waals surface area contributed by atoms with Gasteiger partial charge in [0.2, 0.25) is 0 Å². The fourth-order valence-electron chi connectivity index (χ4n) is 1.51. The molecule has 0 saturated carbocycles. The van der Waals surface area contributed by atoms with Crippen LogP contribution >= 0.6 is 0 Å². The number of hydrogen-bond acceptors (Lipinski definition) is 6. The molecule has 2 aromatic rings. The van der Waals surface area contributed by atoms with Crippen molar-refractivity contribution in [1.29, 1.82) is 0 Å². The summed E-state index contributed by atoms with van der Waals surface area (Å²) in [7, 11) is 0. The number of rotatable bonds is 3. The van der Waals surface area contributed by atoms with Crippen LogP contribution in [0.4, 0.5) is 5.69 Å². The van der Waals surface area contributed by atoms with Crippen LogP contribution in [0.1, 0.15) is 23.0 Å². The standard InChI is InChI=1S/C11H14N6/c1-7-4-15-11(16-5-7)10(17-13)8-6-14-3-2-9(8)12/h2-6,10,17H,13H2,1H3,(H2,12,14). The number of nitrogens with one attached hydrogen (secondary N) is 1. The molecule has 2 aromatic heterocycles. The maximum absolute atomic E-state index is 5.87. The van der Waals surface area contributed by atoms with Gasteiger partial charge in [0.05, 0.1) is 0 Å². The zero-order chi connectivity index (χ0) is 12.3. The highest BCUT2D eigenvalue weighted by Crippen LogP contribution is 2.22. The lowest BCUT2D eigenvalue weighted by molar-refractivity contribution is 0.600. The van der Waals surface area contributed by atoms with Crippen LogP contribution in [0.5, 0.6) is 0 Å². The molecule has 0 fully saturated rings. The lowest BCUT2D eigenvalue weighted by Crippen LogP contribution is -2.31.